The molecule has 3 saturated heterocycles. The number of rotatable bonds is 7. The van der Waals surface area contributed by atoms with Gasteiger partial charge >= 0.3 is 5.79 Å². The van der Waals surface area contributed by atoms with Crippen LogP contribution in [0, 0.1) is 0 Å². The number of ether oxygens (including phenoxy) is 1. The second-order valence-corrected chi connectivity index (χ2v) is 9.60. The lowest BCUT2D eigenvalue weighted by Crippen LogP contribution is -2.79. The lowest BCUT2D eigenvalue weighted by atomic mass is 9.90. The number of imide groups is 1. The van der Waals surface area contributed by atoms with Gasteiger partial charge in [-0.3, -0.25) is 19.7 Å². The van der Waals surface area contributed by atoms with Crippen molar-refractivity contribution in [2.45, 2.75) is 37.0 Å². The normalized spacial score (nSPS) is 25.7. The van der Waals surface area contributed by atoms with Crippen molar-refractivity contribution in [1.82, 2.24) is 20.4 Å². The summed E-state index contributed by atoms with van der Waals surface area (Å²) in [5.74, 6) is -13.6. The zero-order valence-corrected chi connectivity index (χ0v) is 21.6. The molecule has 3 aliphatic heterocycles. The van der Waals surface area contributed by atoms with Gasteiger partial charge in [0, 0.05) is 43.5 Å². The van der Waals surface area contributed by atoms with Gasteiger partial charge in [0.25, 0.3) is 29.4 Å². The van der Waals surface area contributed by atoms with Crippen molar-refractivity contribution in [3.05, 3.63) is 71.0 Å². The van der Waals surface area contributed by atoms with Gasteiger partial charge in [-0.25, -0.2) is 4.90 Å². The van der Waals surface area contributed by atoms with Gasteiger partial charge in [0.15, 0.2) is 6.04 Å². The molecule has 0 aromatic heterocycles. The number of likely N-dealkylation sites (tertiary alicyclic amines) is 1. The Morgan fingerprint density at radius 1 is 1.12 bits per heavy atom. The number of hydrogen-bond donors (Lipinski definition) is 8. The van der Waals surface area contributed by atoms with Gasteiger partial charge in [-0.1, -0.05) is 36.4 Å². The fraction of sp³-hybridized carbons (Fsp3) is 0.423. The molecule has 0 radical (unpaired) electrons. The van der Waals surface area contributed by atoms with Crippen molar-refractivity contribution < 1.29 is 49.8 Å². The zero-order valence-electron chi connectivity index (χ0n) is 21.6. The van der Waals surface area contributed by atoms with Crippen molar-refractivity contribution in [2.24, 2.45) is 0 Å². The van der Waals surface area contributed by atoms with Crippen LogP contribution >= 0.6 is 0 Å². The number of hydrogen-bond acceptors (Lipinski definition) is 12. The van der Waals surface area contributed by atoms with E-state index in [1.807, 2.05) is 0 Å². The molecule has 0 bridgehead atoms. The molecule has 3 amide bonds. The minimum Gasteiger partial charge on any atom is -0.387 e. The topological polar surface area (TPSA) is 212 Å². The monoisotopic (exact) mass is 560 g/mol. The third kappa shape index (κ3) is 5.18. The van der Waals surface area contributed by atoms with Crippen molar-refractivity contribution in [3.63, 3.8) is 0 Å². The average Bonchev–Trinajstić information content (AvgIpc) is 3.21. The molecular formula is C26H32N4O10. The maximum absolute atomic E-state index is 13.3. The summed E-state index contributed by atoms with van der Waals surface area (Å²) in [4.78, 5) is 39.8. The number of allylic oxidation sites excluding steroid dienone is 3. The summed E-state index contributed by atoms with van der Waals surface area (Å²) in [6.45, 7) is 2.77. The molecule has 3 fully saturated rings. The highest BCUT2D eigenvalue weighted by atomic mass is 16.6. The second-order valence-electron chi connectivity index (χ2n) is 9.60. The highest BCUT2D eigenvalue weighted by molar-refractivity contribution is 6.09. The highest BCUT2D eigenvalue weighted by Gasteiger charge is 2.67. The first-order valence-electron chi connectivity index (χ1n) is 12.5. The maximum atomic E-state index is 13.3. The zero-order chi connectivity index (χ0) is 29.3. The van der Waals surface area contributed by atoms with Crippen LogP contribution in [0.1, 0.15) is 18.1 Å². The average molecular weight is 561 g/mol. The van der Waals surface area contributed by atoms with Crippen molar-refractivity contribution in [1.29, 1.82) is 0 Å². The summed E-state index contributed by atoms with van der Waals surface area (Å²) in [7, 11) is 0. The van der Waals surface area contributed by atoms with E-state index in [9.17, 15) is 45.0 Å². The Bertz CT molecular complexity index is 1260. The minimum atomic E-state index is -3.77. The summed E-state index contributed by atoms with van der Waals surface area (Å²) in [6.07, 6.45) is 6.07. The molecule has 1 aromatic rings. The number of benzene rings is 1. The smallest absolute Gasteiger partial charge is 0.303 e. The first-order chi connectivity index (χ1) is 18.8. The van der Waals surface area contributed by atoms with Gasteiger partial charge in [-0.2, -0.15) is 0 Å². The van der Waals surface area contributed by atoms with Crippen LogP contribution in [0.5, 0.6) is 0 Å². The predicted octanol–water partition coefficient (Wildman–Crippen LogP) is -3.18. The van der Waals surface area contributed by atoms with E-state index in [0.29, 0.717) is 42.3 Å². The van der Waals surface area contributed by atoms with Crippen LogP contribution in [0.15, 0.2) is 59.8 Å². The van der Waals surface area contributed by atoms with E-state index in [1.165, 1.54) is 17.2 Å². The van der Waals surface area contributed by atoms with Gasteiger partial charge in [0.1, 0.15) is 0 Å². The number of piperidine rings is 1. The van der Waals surface area contributed by atoms with Gasteiger partial charge in [-0.15, -0.1) is 0 Å². The lowest BCUT2D eigenvalue weighted by Gasteiger charge is -2.44. The van der Waals surface area contributed by atoms with E-state index < -0.39 is 41.2 Å². The summed E-state index contributed by atoms with van der Waals surface area (Å²) in [5, 5.41) is 67.4. The first-order valence-corrected chi connectivity index (χ1v) is 12.5. The number of nitrogens with one attached hydrogen (secondary N) is 2. The first kappa shape index (κ1) is 29.5. The molecule has 3 heterocycles. The van der Waals surface area contributed by atoms with E-state index >= 15 is 0 Å². The van der Waals surface area contributed by atoms with E-state index in [2.05, 4.69) is 5.32 Å². The predicted molar refractivity (Wildman–Crippen MR) is 136 cm³/mol. The number of nitrogens with zero attached hydrogens (tertiary/aromatic N) is 2. The summed E-state index contributed by atoms with van der Waals surface area (Å²) in [6, 6.07) is 4.44. The van der Waals surface area contributed by atoms with E-state index in [1.54, 1.807) is 48.7 Å². The van der Waals surface area contributed by atoms with Crippen molar-refractivity contribution in [2.75, 3.05) is 32.8 Å². The molecule has 1 atom stereocenters. The Morgan fingerprint density at radius 2 is 1.80 bits per heavy atom. The second kappa shape index (κ2) is 11.2. The Labute approximate surface area is 229 Å². The van der Waals surface area contributed by atoms with Crippen molar-refractivity contribution in [3.8, 4) is 0 Å². The molecule has 0 spiro atoms. The van der Waals surface area contributed by atoms with Crippen LogP contribution in [-0.4, -0.2) is 109 Å². The third-order valence-corrected chi connectivity index (χ3v) is 7.04. The van der Waals surface area contributed by atoms with E-state index in [4.69, 9.17) is 4.74 Å². The highest BCUT2D eigenvalue weighted by Crippen LogP contribution is 2.34. The molecule has 40 heavy (non-hydrogen) atoms. The maximum Gasteiger partial charge on any atom is 0.303 e. The molecule has 3 aliphatic rings. The molecule has 8 N–H and O–H groups in total. The fourth-order valence-electron chi connectivity index (χ4n) is 4.83. The van der Waals surface area contributed by atoms with Gasteiger partial charge < -0.3 is 45.6 Å². The number of aliphatic hydroxyl groups is 6. The fourth-order valence-corrected chi connectivity index (χ4v) is 4.83. The molecule has 1 aromatic carbocycles. The van der Waals surface area contributed by atoms with Crippen LogP contribution in [0.3, 0.4) is 0 Å². The van der Waals surface area contributed by atoms with Crippen LogP contribution in [0.4, 0.5) is 0 Å². The summed E-state index contributed by atoms with van der Waals surface area (Å²) >= 11 is 0. The standard InChI is InChI=1S/C26H32N4O10/c1-2-3-7-18-17(15-30(22(18)32)20-21(31)28-23(33)25(36,37)24(20,34)35)14-27-13-16-6-4-5-8-19(16)26(38,39)29-9-11-40-12-10-29/h2-8,14,20,27,34-39H,9-13,15H2,1H3,(H,28,31,33)/b3-2-,17-14+,18-7+. The van der Waals surface area contributed by atoms with Crippen LogP contribution in [-0.2, 0) is 31.6 Å². The lowest BCUT2D eigenvalue weighted by molar-refractivity contribution is -0.355. The van der Waals surface area contributed by atoms with Crippen LogP contribution < -0.4 is 10.6 Å². The molecule has 1 unspecified atom stereocenters. The van der Waals surface area contributed by atoms with Crippen LogP contribution in [0.25, 0.3) is 0 Å². The van der Waals surface area contributed by atoms with Crippen LogP contribution in [0.2, 0.25) is 0 Å². The van der Waals surface area contributed by atoms with Gasteiger partial charge in [0.05, 0.1) is 13.2 Å². The number of amides is 3. The molecule has 0 saturated carbocycles. The molecule has 0 aliphatic carbocycles. The number of carbonyl (C=O) groups excluding carboxylic acids is 3. The molecular weight excluding hydrogens is 528 g/mol. The van der Waals surface area contributed by atoms with Gasteiger partial charge in [-0.05, 0) is 24.1 Å². The Balaban J connectivity index is 1.60. The van der Waals surface area contributed by atoms with Crippen molar-refractivity contribution >= 4 is 17.7 Å². The number of morpholine rings is 1. The Hall–Kier alpha value is -3.47. The SMILES string of the molecule is C\C=C/C=C1/C(=O)N(C2C(=O)NC(=O)C(O)(O)C2(O)O)C/C1=C\NCc1ccccc1C(O)(O)N1CCOCC1. The van der Waals surface area contributed by atoms with Gasteiger partial charge in [0.2, 0.25) is 0 Å². The Morgan fingerprint density at radius 3 is 2.48 bits per heavy atom. The molecule has 4 rings (SSSR count). The van der Waals surface area contributed by atoms with E-state index in [-0.39, 0.29) is 24.2 Å². The molecule has 216 valence electrons. The minimum absolute atomic E-state index is 0.0628. The summed E-state index contributed by atoms with van der Waals surface area (Å²) in [5.41, 5.74) is 1.15. The number of carbonyl (C=O) groups is 3. The third-order valence-electron chi connectivity index (χ3n) is 7.04. The Kier molecular flexibility index (Phi) is 8.26. The molecule has 14 heteroatoms. The quantitative estimate of drug-likeness (QED) is 0.0942. The summed E-state index contributed by atoms with van der Waals surface area (Å²) < 4.78 is 5.29. The van der Waals surface area contributed by atoms with E-state index in [0.717, 1.165) is 0 Å². The molecule has 14 nitrogen and oxygen atoms in total. The largest absolute Gasteiger partial charge is 0.387 e.